The van der Waals surface area contributed by atoms with Gasteiger partial charge in [0.25, 0.3) is 5.69 Å². The average molecular weight is 267 g/mol. The second-order valence-corrected chi connectivity index (χ2v) is 3.42. The first-order valence-corrected chi connectivity index (χ1v) is 4.99. The molecule has 0 saturated carbocycles. The number of esters is 2. The molecule has 0 aliphatic carbocycles. The third kappa shape index (κ3) is 3.60. The lowest BCUT2D eigenvalue weighted by molar-refractivity contribution is -0.385. The minimum Gasteiger partial charge on any atom is -0.423 e. The molecule has 8 nitrogen and oxygen atoms in total. The molecule has 0 radical (unpaired) electrons. The Morgan fingerprint density at radius 3 is 2.00 bits per heavy atom. The maximum absolute atomic E-state index is 10.9. The second kappa shape index (κ2) is 5.71. The molecular formula is C11H9NO7. The molecule has 1 aromatic rings. The summed E-state index contributed by atoms with van der Waals surface area (Å²) in [5, 5.41) is 10.8. The van der Waals surface area contributed by atoms with Crippen molar-refractivity contribution in [2.24, 2.45) is 0 Å². The third-order valence-electron chi connectivity index (χ3n) is 1.92. The highest BCUT2D eigenvalue weighted by Gasteiger charge is 2.21. The fraction of sp³-hybridized carbons (Fsp3) is 0.182. The van der Waals surface area contributed by atoms with Gasteiger partial charge in [0.1, 0.15) is 0 Å². The molecule has 0 atom stereocenters. The first-order valence-electron chi connectivity index (χ1n) is 4.99. The number of nitro benzene ring substituents is 1. The Morgan fingerprint density at radius 2 is 1.63 bits per heavy atom. The lowest BCUT2D eigenvalue weighted by Gasteiger charge is -2.09. The Bertz CT molecular complexity index is 564. The number of hydrogen-bond donors (Lipinski definition) is 0. The van der Waals surface area contributed by atoms with Crippen LogP contribution in [0.1, 0.15) is 24.2 Å². The lowest BCUT2D eigenvalue weighted by Crippen LogP contribution is -2.08. The fourth-order valence-corrected chi connectivity index (χ4v) is 1.29. The Balaban J connectivity index is 3.42. The zero-order chi connectivity index (χ0) is 14.6. The lowest BCUT2D eigenvalue weighted by atomic mass is 10.1. The van der Waals surface area contributed by atoms with E-state index >= 15 is 0 Å². The van der Waals surface area contributed by atoms with Crippen molar-refractivity contribution in [2.45, 2.75) is 13.8 Å². The molecule has 0 unspecified atom stereocenters. The Morgan fingerprint density at radius 1 is 1.16 bits per heavy atom. The summed E-state index contributed by atoms with van der Waals surface area (Å²) in [6, 6.07) is 1.81. The van der Waals surface area contributed by atoms with E-state index in [9.17, 15) is 24.5 Å². The van der Waals surface area contributed by atoms with Crippen LogP contribution in [0, 0.1) is 10.1 Å². The van der Waals surface area contributed by atoms with Gasteiger partial charge in [-0.3, -0.25) is 24.5 Å². The van der Waals surface area contributed by atoms with Gasteiger partial charge < -0.3 is 9.47 Å². The number of hydrogen-bond acceptors (Lipinski definition) is 7. The first kappa shape index (κ1) is 14.3. The minimum atomic E-state index is -0.811. The van der Waals surface area contributed by atoms with Crippen LogP contribution in [-0.2, 0) is 9.59 Å². The summed E-state index contributed by atoms with van der Waals surface area (Å²) in [7, 11) is 0. The van der Waals surface area contributed by atoms with Crippen LogP contribution >= 0.6 is 0 Å². The number of nitrogens with zero attached hydrogens (tertiary/aromatic N) is 1. The summed E-state index contributed by atoms with van der Waals surface area (Å²) < 4.78 is 9.43. The maximum atomic E-state index is 10.9. The Kier molecular flexibility index (Phi) is 4.30. The van der Waals surface area contributed by atoms with Crippen molar-refractivity contribution in [3.8, 4) is 11.5 Å². The van der Waals surface area contributed by atoms with Crippen LogP contribution in [0.25, 0.3) is 0 Å². The van der Waals surface area contributed by atoms with E-state index in [-0.39, 0.29) is 23.3 Å². The topological polar surface area (TPSA) is 113 Å². The minimum absolute atomic E-state index is 0.239. The number of rotatable bonds is 4. The highest BCUT2D eigenvalue weighted by Crippen LogP contribution is 2.34. The van der Waals surface area contributed by atoms with Crippen molar-refractivity contribution in [3.63, 3.8) is 0 Å². The fourth-order valence-electron chi connectivity index (χ4n) is 1.29. The number of nitro groups is 1. The Hall–Kier alpha value is -2.77. The van der Waals surface area contributed by atoms with Crippen molar-refractivity contribution >= 4 is 23.9 Å². The predicted octanol–water partition coefficient (Wildman–Crippen LogP) is 1.26. The highest BCUT2D eigenvalue weighted by molar-refractivity contribution is 5.85. The molecule has 0 heterocycles. The molecule has 0 N–H and O–H groups in total. The Labute approximate surface area is 107 Å². The molecule has 0 saturated heterocycles. The summed E-state index contributed by atoms with van der Waals surface area (Å²) in [4.78, 5) is 42.5. The molecule has 19 heavy (non-hydrogen) atoms. The van der Waals surface area contributed by atoms with E-state index in [1.165, 1.54) is 0 Å². The average Bonchev–Trinajstić information content (AvgIpc) is 2.29. The summed E-state index contributed by atoms with van der Waals surface area (Å²) in [6.07, 6.45) is 0.239. The van der Waals surface area contributed by atoms with Crippen molar-refractivity contribution in [3.05, 3.63) is 27.8 Å². The summed E-state index contributed by atoms with van der Waals surface area (Å²) in [5.74, 6) is -2.02. The molecular weight excluding hydrogens is 258 g/mol. The van der Waals surface area contributed by atoms with Crippen molar-refractivity contribution < 1.29 is 28.8 Å². The SMILES string of the molecule is CC(=O)Oc1cc(C=O)c([N+](=O)[O-])cc1OC(C)=O. The van der Waals surface area contributed by atoms with Crippen molar-refractivity contribution in [2.75, 3.05) is 0 Å². The molecule has 0 bridgehead atoms. The second-order valence-electron chi connectivity index (χ2n) is 3.42. The van der Waals surface area contributed by atoms with Crippen LogP contribution in [0.5, 0.6) is 11.5 Å². The van der Waals surface area contributed by atoms with Gasteiger partial charge in [-0.05, 0) is 0 Å². The van der Waals surface area contributed by atoms with E-state index in [1.54, 1.807) is 0 Å². The van der Waals surface area contributed by atoms with Crippen LogP contribution in [-0.4, -0.2) is 23.1 Å². The molecule has 8 heteroatoms. The number of aldehydes is 1. The number of benzene rings is 1. The monoisotopic (exact) mass is 267 g/mol. The largest absolute Gasteiger partial charge is 0.423 e. The van der Waals surface area contributed by atoms with Crippen LogP contribution in [0.4, 0.5) is 5.69 Å². The van der Waals surface area contributed by atoms with Crippen LogP contribution in [0.15, 0.2) is 12.1 Å². The standard InChI is InChI=1S/C11H9NO7/c1-6(14)18-10-3-8(5-13)9(12(16)17)4-11(10)19-7(2)15/h3-5H,1-2H3. The van der Waals surface area contributed by atoms with Gasteiger partial charge in [0, 0.05) is 19.9 Å². The molecule has 0 spiro atoms. The normalized spacial score (nSPS) is 9.58. The van der Waals surface area contributed by atoms with E-state index in [1.807, 2.05) is 0 Å². The third-order valence-corrected chi connectivity index (χ3v) is 1.92. The predicted molar refractivity (Wildman–Crippen MR) is 61.1 cm³/mol. The molecule has 0 aliphatic rings. The van der Waals surface area contributed by atoms with Gasteiger partial charge in [-0.25, -0.2) is 0 Å². The van der Waals surface area contributed by atoms with Gasteiger partial charge in [-0.15, -0.1) is 0 Å². The van der Waals surface area contributed by atoms with Gasteiger partial charge in [0.05, 0.1) is 16.6 Å². The van der Waals surface area contributed by atoms with Crippen molar-refractivity contribution in [1.82, 2.24) is 0 Å². The van der Waals surface area contributed by atoms with Gasteiger partial charge in [0.2, 0.25) is 0 Å². The van der Waals surface area contributed by atoms with Gasteiger partial charge in [0.15, 0.2) is 17.8 Å². The number of carbonyl (C=O) groups excluding carboxylic acids is 3. The van der Waals surface area contributed by atoms with E-state index in [0.29, 0.717) is 0 Å². The quantitative estimate of drug-likeness (QED) is 0.265. The smallest absolute Gasteiger partial charge is 0.308 e. The molecule has 1 rings (SSSR count). The van der Waals surface area contributed by atoms with Crippen LogP contribution < -0.4 is 9.47 Å². The van der Waals surface area contributed by atoms with E-state index < -0.39 is 22.5 Å². The van der Waals surface area contributed by atoms with Gasteiger partial charge in [-0.2, -0.15) is 0 Å². The van der Waals surface area contributed by atoms with Crippen molar-refractivity contribution in [1.29, 1.82) is 0 Å². The summed E-state index contributed by atoms with van der Waals surface area (Å²) in [5.41, 5.74) is -0.848. The molecule has 0 amide bonds. The summed E-state index contributed by atoms with van der Waals surface area (Å²) in [6.45, 7) is 2.18. The highest BCUT2D eigenvalue weighted by atomic mass is 16.6. The molecule has 0 aromatic heterocycles. The van der Waals surface area contributed by atoms with Crippen LogP contribution in [0.3, 0.4) is 0 Å². The zero-order valence-electron chi connectivity index (χ0n) is 10.0. The van der Waals surface area contributed by atoms with E-state index in [0.717, 1.165) is 26.0 Å². The molecule has 0 fully saturated rings. The van der Waals surface area contributed by atoms with E-state index in [2.05, 4.69) is 0 Å². The van der Waals surface area contributed by atoms with Gasteiger partial charge >= 0.3 is 11.9 Å². The summed E-state index contributed by atoms with van der Waals surface area (Å²) >= 11 is 0. The maximum Gasteiger partial charge on any atom is 0.308 e. The first-order chi connectivity index (χ1) is 8.85. The number of carbonyl (C=O) groups is 3. The molecule has 0 aliphatic heterocycles. The van der Waals surface area contributed by atoms with Crippen LogP contribution in [0.2, 0.25) is 0 Å². The van der Waals surface area contributed by atoms with E-state index in [4.69, 9.17) is 9.47 Å². The zero-order valence-corrected chi connectivity index (χ0v) is 10.0. The number of ether oxygens (including phenoxy) is 2. The molecule has 100 valence electrons. The van der Waals surface area contributed by atoms with Gasteiger partial charge in [-0.1, -0.05) is 0 Å². The molecule has 1 aromatic carbocycles.